The predicted molar refractivity (Wildman–Crippen MR) is 62.7 cm³/mol. The van der Waals surface area contributed by atoms with Gasteiger partial charge in [0.25, 0.3) is 0 Å². The first-order valence-corrected chi connectivity index (χ1v) is 5.54. The van der Waals surface area contributed by atoms with Gasteiger partial charge < -0.3 is 10.1 Å². The van der Waals surface area contributed by atoms with Crippen LogP contribution in [0.1, 0.15) is 41.0 Å². The van der Waals surface area contributed by atoms with Crippen LogP contribution in [0.4, 0.5) is 0 Å². The van der Waals surface area contributed by atoms with Crippen LogP contribution in [0.5, 0.6) is 0 Å². The smallest absolute Gasteiger partial charge is 0.312 e. The maximum atomic E-state index is 11.4. The molecule has 0 saturated heterocycles. The summed E-state index contributed by atoms with van der Waals surface area (Å²) >= 11 is 0. The Balaban J connectivity index is 4.00. The van der Waals surface area contributed by atoms with E-state index in [-0.39, 0.29) is 11.4 Å². The summed E-state index contributed by atoms with van der Waals surface area (Å²) in [5, 5.41) is 3.33. The van der Waals surface area contributed by atoms with Gasteiger partial charge in [0, 0.05) is 13.1 Å². The van der Waals surface area contributed by atoms with E-state index in [0.717, 1.165) is 13.0 Å². The number of hydrogen-bond acceptors (Lipinski definition) is 3. The molecule has 0 aromatic heterocycles. The SMILES string of the molecule is CCC(C)(C)CNCC(C)(C)C(=O)OC. The van der Waals surface area contributed by atoms with Gasteiger partial charge in [-0.25, -0.2) is 0 Å². The first kappa shape index (κ1) is 14.4. The molecule has 0 atom stereocenters. The summed E-state index contributed by atoms with van der Waals surface area (Å²) in [7, 11) is 1.43. The van der Waals surface area contributed by atoms with Crippen LogP contribution in [0.25, 0.3) is 0 Å². The number of nitrogens with one attached hydrogen (secondary N) is 1. The van der Waals surface area contributed by atoms with Gasteiger partial charge in [-0.2, -0.15) is 0 Å². The molecule has 0 aliphatic heterocycles. The highest BCUT2D eigenvalue weighted by Crippen LogP contribution is 2.20. The Bertz CT molecular complexity index is 210. The Morgan fingerprint density at radius 1 is 1.20 bits per heavy atom. The maximum absolute atomic E-state index is 11.4. The third-order valence-corrected chi connectivity index (χ3v) is 2.87. The molecule has 0 aliphatic rings. The molecule has 0 rings (SSSR count). The lowest BCUT2D eigenvalue weighted by molar-refractivity contribution is -0.150. The van der Waals surface area contributed by atoms with E-state index in [4.69, 9.17) is 4.74 Å². The van der Waals surface area contributed by atoms with Gasteiger partial charge in [-0.15, -0.1) is 0 Å². The Kier molecular flexibility index (Phi) is 5.29. The van der Waals surface area contributed by atoms with Crippen molar-refractivity contribution in [3.8, 4) is 0 Å². The van der Waals surface area contributed by atoms with Crippen molar-refractivity contribution in [1.29, 1.82) is 0 Å². The number of carbonyl (C=O) groups is 1. The molecular formula is C12H25NO2. The Labute approximate surface area is 93.6 Å². The minimum absolute atomic E-state index is 0.163. The molecule has 15 heavy (non-hydrogen) atoms. The largest absolute Gasteiger partial charge is 0.469 e. The van der Waals surface area contributed by atoms with Gasteiger partial charge in [-0.05, 0) is 25.7 Å². The lowest BCUT2D eigenvalue weighted by Gasteiger charge is -2.27. The van der Waals surface area contributed by atoms with Crippen LogP contribution in [0, 0.1) is 10.8 Å². The van der Waals surface area contributed by atoms with Gasteiger partial charge in [0.1, 0.15) is 0 Å². The van der Waals surface area contributed by atoms with E-state index in [2.05, 4.69) is 26.1 Å². The Hall–Kier alpha value is -0.570. The molecule has 0 spiro atoms. The normalized spacial score (nSPS) is 12.7. The lowest BCUT2D eigenvalue weighted by Crippen LogP contribution is -2.40. The molecule has 3 nitrogen and oxygen atoms in total. The highest BCUT2D eigenvalue weighted by atomic mass is 16.5. The predicted octanol–water partition coefficient (Wildman–Crippen LogP) is 2.21. The molecule has 0 fully saturated rings. The summed E-state index contributed by atoms with van der Waals surface area (Å²) in [5.74, 6) is -0.163. The van der Waals surface area contributed by atoms with Crippen molar-refractivity contribution in [3.05, 3.63) is 0 Å². The van der Waals surface area contributed by atoms with Gasteiger partial charge >= 0.3 is 5.97 Å². The maximum Gasteiger partial charge on any atom is 0.312 e. The van der Waals surface area contributed by atoms with Gasteiger partial charge in [-0.1, -0.05) is 20.8 Å². The van der Waals surface area contributed by atoms with E-state index in [1.165, 1.54) is 7.11 Å². The third kappa shape index (κ3) is 5.17. The van der Waals surface area contributed by atoms with Crippen LogP contribution in [-0.2, 0) is 9.53 Å². The second-order valence-corrected chi connectivity index (χ2v) is 5.50. The molecule has 0 saturated carbocycles. The molecule has 0 unspecified atom stereocenters. The molecule has 0 aromatic carbocycles. The zero-order chi connectivity index (χ0) is 12.1. The van der Waals surface area contributed by atoms with E-state index < -0.39 is 5.41 Å². The van der Waals surface area contributed by atoms with Crippen molar-refractivity contribution in [2.24, 2.45) is 10.8 Å². The molecular weight excluding hydrogens is 190 g/mol. The van der Waals surface area contributed by atoms with Crippen molar-refractivity contribution < 1.29 is 9.53 Å². The van der Waals surface area contributed by atoms with E-state index in [0.29, 0.717) is 6.54 Å². The molecule has 0 radical (unpaired) electrons. The molecule has 0 heterocycles. The molecule has 3 heteroatoms. The summed E-state index contributed by atoms with van der Waals surface area (Å²) in [5.41, 5.74) is -0.162. The molecule has 0 aromatic rings. The van der Waals surface area contributed by atoms with E-state index in [1.807, 2.05) is 13.8 Å². The summed E-state index contributed by atoms with van der Waals surface area (Å²) in [6.45, 7) is 12.0. The molecule has 0 amide bonds. The quantitative estimate of drug-likeness (QED) is 0.690. The average Bonchev–Trinajstić information content (AvgIpc) is 2.16. The fourth-order valence-corrected chi connectivity index (χ4v) is 1.19. The van der Waals surface area contributed by atoms with Crippen molar-refractivity contribution in [1.82, 2.24) is 5.32 Å². The van der Waals surface area contributed by atoms with Crippen LogP contribution in [0.2, 0.25) is 0 Å². The van der Waals surface area contributed by atoms with Crippen molar-refractivity contribution >= 4 is 5.97 Å². The molecule has 0 bridgehead atoms. The summed E-state index contributed by atoms with van der Waals surface area (Å²) in [6, 6.07) is 0. The van der Waals surface area contributed by atoms with Crippen LogP contribution < -0.4 is 5.32 Å². The van der Waals surface area contributed by atoms with Crippen LogP contribution in [-0.4, -0.2) is 26.2 Å². The van der Waals surface area contributed by atoms with E-state index in [1.54, 1.807) is 0 Å². The minimum atomic E-state index is -0.446. The van der Waals surface area contributed by atoms with Crippen molar-refractivity contribution in [3.63, 3.8) is 0 Å². The van der Waals surface area contributed by atoms with Crippen LogP contribution >= 0.6 is 0 Å². The summed E-state index contributed by atoms with van der Waals surface area (Å²) in [4.78, 5) is 11.4. The first-order chi connectivity index (χ1) is 6.75. The number of ether oxygens (including phenoxy) is 1. The lowest BCUT2D eigenvalue weighted by atomic mass is 9.89. The molecule has 1 N–H and O–H groups in total. The monoisotopic (exact) mass is 215 g/mol. The van der Waals surface area contributed by atoms with Gasteiger partial charge in [-0.3, -0.25) is 4.79 Å². The Morgan fingerprint density at radius 3 is 2.13 bits per heavy atom. The second-order valence-electron chi connectivity index (χ2n) is 5.50. The zero-order valence-corrected chi connectivity index (χ0v) is 10.9. The highest BCUT2D eigenvalue weighted by molar-refractivity contribution is 5.76. The zero-order valence-electron chi connectivity index (χ0n) is 10.9. The van der Waals surface area contributed by atoms with Crippen LogP contribution in [0.3, 0.4) is 0 Å². The number of hydrogen-bond donors (Lipinski definition) is 1. The minimum Gasteiger partial charge on any atom is -0.469 e. The molecule has 90 valence electrons. The fraction of sp³-hybridized carbons (Fsp3) is 0.917. The van der Waals surface area contributed by atoms with Gasteiger partial charge in [0.2, 0.25) is 0 Å². The Morgan fingerprint density at radius 2 is 1.73 bits per heavy atom. The summed E-state index contributed by atoms with van der Waals surface area (Å²) in [6.07, 6.45) is 1.12. The third-order valence-electron chi connectivity index (χ3n) is 2.87. The number of methoxy groups -OCH3 is 1. The standard InChI is InChI=1S/C12H25NO2/c1-7-11(2,3)8-13-9-12(4,5)10(14)15-6/h13H,7-9H2,1-6H3. The number of rotatable bonds is 6. The molecule has 0 aliphatic carbocycles. The second kappa shape index (κ2) is 5.50. The average molecular weight is 215 g/mol. The van der Waals surface area contributed by atoms with E-state index in [9.17, 15) is 4.79 Å². The highest BCUT2D eigenvalue weighted by Gasteiger charge is 2.28. The van der Waals surface area contributed by atoms with Crippen molar-refractivity contribution in [2.75, 3.05) is 20.2 Å². The first-order valence-electron chi connectivity index (χ1n) is 5.54. The van der Waals surface area contributed by atoms with Gasteiger partial charge in [0.05, 0.1) is 12.5 Å². The van der Waals surface area contributed by atoms with E-state index >= 15 is 0 Å². The van der Waals surface area contributed by atoms with Gasteiger partial charge in [0.15, 0.2) is 0 Å². The summed E-state index contributed by atoms with van der Waals surface area (Å²) < 4.78 is 4.75. The topological polar surface area (TPSA) is 38.3 Å². The number of esters is 1. The fourth-order valence-electron chi connectivity index (χ4n) is 1.19. The van der Waals surface area contributed by atoms with Crippen molar-refractivity contribution in [2.45, 2.75) is 41.0 Å². The number of carbonyl (C=O) groups excluding carboxylic acids is 1. The van der Waals surface area contributed by atoms with Crippen LogP contribution in [0.15, 0.2) is 0 Å².